The number of piperidine rings is 1. The molecule has 6 nitrogen and oxygen atoms in total. The molecule has 0 aliphatic carbocycles. The van der Waals surface area contributed by atoms with Crippen molar-refractivity contribution in [2.24, 2.45) is 0 Å². The maximum Gasteiger partial charge on any atom is 0.411 e. The summed E-state index contributed by atoms with van der Waals surface area (Å²) in [5.74, 6) is 0. The molecule has 2 amide bonds. The minimum Gasteiger partial charge on any atom is -0.446 e. The van der Waals surface area contributed by atoms with Gasteiger partial charge in [-0.1, -0.05) is 30.3 Å². The van der Waals surface area contributed by atoms with Crippen molar-refractivity contribution in [3.8, 4) is 11.1 Å². The van der Waals surface area contributed by atoms with E-state index in [-0.39, 0.29) is 12.2 Å². The lowest BCUT2D eigenvalue weighted by Crippen LogP contribution is -2.44. The number of ether oxygens (including phenoxy) is 2. The Morgan fingerprint density at radius 1 is 1.11 bits per heavy atom. The smallest absolute Gasteiger partial charge is 0.411 e. The van der Waals surface area contributed by atoms with E-state index < -0.39 is 11.7 Å². The van der Waals surface area contributed by atoms with E-state index in [2.05, 4.69) is 5.32 Å². The van der Waals surface area contributed by atoms with Gasteiger partial charge in [-0.05, 0) is 26.3 Å². The van der Waals surface area contributed by atoms with Crippen LogP contribution < -0.4 is 5.32 Å². The lowest BCUT2D eigenvalue weighted by Gasteiger charge is -2.33. The van der Waals surface area contributed by atoms with Crippen molar-refractivity contribution in [1.29, 1.82) is 0 Å². The van der Waals surface area contributed by atoms with Crippen molar-refractivity contribution in [2.45, 2.75) is 45.3 Å². The Labute approximate surface area is 169 Å². The molecule has 1 aliphatic heterocycles. The quantitative estimate of drug-likeness (QED) is 0.750. The predicted octanol–water partition coefficient (Wildman–Crippen LogP) is 5.36. The first-order chi connectivity index (χ1) is 13.3. The first kappa shape index (κ1) is 20.2. The first-order valence-electron chi connectivity index (χ1n) is 9.39. The number of carbonyl (C=O) groups is 2. The van der Waals surface area contributed by atoms with Gasteiger partial charge in [0, 0.05) is 42.3 Å². The third-order valence-corrected chi connectivity index (χ3v) is 5.09. The SMILES string of the molecule is CC(C)(C)OC(=O)N1CCC(OC(=O)Nc2cscc2-c2ccccc2)CC1. The van der Waals surface area contributed by atoms with Crippen LogP contribution in [0.15, 0.2) is 41.1 Å². The summed E-state index contributed by atoms with van der Waals surface area (Å²) in [7, 11) is 0. The number of nitrogens with one attached hydrogen (secondary N) is 1. The summed E-state index contributed by atoms with van der Waals surface area (Å²) in [6.45, 7) is 6.57. The maximum absolute atomic E-state index is 12.3. The minimum absolute atomic E-state index is 0.211. The van der Waals surface area contributed by atoms with Crippen LogP contribution in [-0.2, 0) is 9.47 Å². The Balaban J connectivity index is 1.50. The van der Waals surface area contributed by atoms with E-state index in [9.17, 15) is 9.59 Å². The number of carbonyl (C=O) groups excluding carboxylic acids is 2. The molecular weight excluding hydrogens is 376 g/mol. The first-order valence-corrected chi connectivity index (χ1v) is 10.3. The Bertz CT molecular complexity index is 805. The van der Waals surface area contributed by atoms with Crippen LogP contribution in [0.2, 0.25) is 0 Å². The molecule has 1 saturated heterocycles. The van der Waals surface area contributed by atoms with E-state index in [1.165, 1.54) is 11.3 Å². The topological polar surface area (TPSA) is 67.9 Å². The predicted molar refractivity (Wildman–Crippen MR) is 111 cm³/mol. The Morgan fingerprint density at radius 2 is 1.79 bits per heavy atom. The minimum atomic E-state index is -0.513. The average Bonchev–Trinajstić information content (AvgIpc) is 3.09. The maximum atomic E-state index is 12.3. The zero-order valence-electron chi connectivity index (χ0n) is 16.4. The van der Waals surface area contributed by atoms with Crippen LogP contribution in [0.1, 0.15) is 33.6 Å². The van der Waals surface area contributed by atoms with Crippen LogP contribution in [0.3, 0.4) is 0 Å². The molecular formula is C21H26N2O4S. The van der Waals surface area contributed by atoms with Crippen LogP contribution in [0.25, 0.3) is 11.1 Å². The normalized spacial score (nSPS) is 15.2. The summed E-state index contributed by atoms with van der Waals surface area (Å²) in [4.78, 5) is 26.1. The molecule has 0 bridgehead atoms. The molecule has 3 rings (SSSR count). The summed E-state index contributed by atoms with van der Waals surface area (Å²) in [6.07, 6.45) is 0.203. The summed E-state index contributed by atoms with van der Waals surface area (Å²) in [5, 5.41) is 6.75. The number of hydrogen-bond acceptors (Lipinski definition) is 5. The third kappa shape index (κ3) is 5.48. The third-order valence-electron chi connectivity index (χ3n) is 4.35. The van der Waals surface area contributed by atoms with Crippen LogP contribution in [0, 0.1) is 0 Å². The molecule has 0 spiro atoms. The molecule has 2 aromatic rings. The summed E-state index contributed by atoms with van der Waals surface area (Å²) in [6, 6.07) is 9.90. The number of nitrogens with zero attached hydrogens (tertiary/aromatic N) is 1. The number of anilines is 1. The molecule has 0 saturated carbocycles. The van der Waals surface area contributed by atoms with Gasteiger partial charge in [0.2, 0.25) is 0 Å². The van der Waals surface area contributed by atoms with Crippen molar-refractivity contribution in [1.82, 2.24) is 4.90 Å². The number of benzene rings is 1. The number of likely N-dealkylation sites (tertiary alicyclic amines) is 1. The van der Waals surface area contributed by atoms with Crippen molar-refractivity contribution in [3.05, 3.63) is 41.1 Å². The standard InChI is InChI=1S/C21H26N2O4S/c1-21(2,3)27-20(25)23-11-9-16(10-12-23)26-19(24)22-18-14-28-13-17(18)15-7-5-4-6-8-15/h4-8,13-14,16H,9-12H2,1-3H3,(H,22,24). The van der Waals surface area contributed by atoms with Crippen LogP contribution >= 0.6 is 11.3 Å². The highest BCUT2D eigenvalue weighted by Crippen LogP contribution is 2.31. The van der Waals surface area contributed by atoms with Crippen molar-refractivity contribution < 1.29 is 19.1 Å². The van der Waals surface area contributed by atoms with Crippen molar-refractivity contribution >= 4 is 29.2 Å². The van der Waals surface area contributed by atoms with Gasteiger partial charge in [-0.15, -0.1) is 11.3 Å². The Morgan fingerprint density at radius 3 is 2.43 bits per heavy atom. The number of hydrogen-bond donors (Lipinski definition) is 1. The summed E-state index contributed by atoms with van der Waals surface area (Å²) >= 11 is 1.53. The fraction of sp³-hybridized carbons (Fsp3) is 0.429. The van der Waals surface area contributed by atoms with Gasteiger partial charge in [0.25, 0.3) is 0 Å². The second kappa shape index (κ2) is 8.65. The van der Waals surface area contributed by atoms with Gasteiger partial charge in [0.1, 0.15) is 11.7 Å². The van der Waals surface area contributed by atoms with Crippen molar-refractivity contribution in [2.75, 3.05) is 18.4 Å². The van der Waals surface area contributed by atoms with Gasteiger partial charge in [-0.25, -0.2) is 9.59 Å². The van der Waals surface area contributed by atoms with E-state index in [1.54, 1.807) is 4.90 Å². The molecule has 150 valence electrons. The van der Waals surface area contributed by atoms with Gasteiger partial charge >= 0.3 is 12.2 Å². The highest BCUT2D eigenvalue weighted by Gasteiger charge is 2.28. The molecule has 1 aromatic carbocycles. The lowest BCUT2D eigenvalue weighted by atomic mass is 10.1. The monoisotopic (exact) mass is 402 g/mol. The molecule has 1 fully saturated rings. The van der Waals surface area contributed by atoms with Gasteiger partial charge in [-0.2, -0.15) is 0 Å². The van der Waals surface area contributed by atoms with Gasteiger partial charge in [0.05, 0.1) is 5.69 Å². The second-order valence-corrected chi connectivity index (χ2v) is 8.51. The molecule has 7 heteroatoms. The highest BCUT2D eigenvalue weighted by atomic mass is 32.1. The van der Waals surface area contributed by atoms with Crippen LogP contribution in [0.5, 0.6) is 0 Å². The molecule has 1 aliphatic rings. The Hall–Kier alpha value is -2.54. The number of thiophene rings is 1. The van der Waals surface area contributed by atoms with E-state index in [0.717, 1.165) is 16.8 Å². The summed E-state index contributed by atoms with van der Waals surface area (Å²) < 4.78 is 10.9. The highest BCUT2D eigenvalue weighted by molar-refractivity contribution is 7.08. The van der Waals surface area contributed by atoms with E-state index in [4.69, 9.17) is 9.47 Å². The van der Waals surface area contributed by atoms with Crippen molar-refractivity contribution in [3.63, 3.8) is 0 Å². The summed E-state index contributed by atoms with van der Waals surface area (Å²) in [5.41, 5.74) is 2.25. The van der Waals surface area contributed by atoms with Crippen LogP contribution in [-0.4, -0.2) is 41.9 Å². The fourth-order valence-electron chi connectivity index (χ4n) is 3.01. The second-order valence-electron chi connectivity index (χ2n) is 7.76. The van der Waals surface area contributed by atoms with Gasteiger partial charge < -0.3 is 14.4 Å². The van der Waals surface area contributed by atoms with Crippen LogP contribution in [0.4, 0.5) is 15.3 Å². The average molecular weight is 403 g/mol. The van der Waals surface area contributed by atoms with E-state index >= 15 is 0 Å². The molecule has 2 heterocycles. The molecule has 0 radical (unpaired) electrons. The molecule has 0 unspecified atom stereocenters. The van der Waals surface area contributed by atoms with E-state index in [0.29, 0.717) is 25.9 Å². The molecule has 1 aromatic heterocycles. The molecule has 1 N–H and O–H groups in total. The molecule has 0 atom stereocenters. The Kier molecular flexibility index (Phi) is 6.24. The zero-order valence-corrected chi connectivity index (χ0v) is 17.3. The van der Waals surface area contributed by atoms with Gasteiger partial charge in [0.15, 0.2) is 0 Å². The zero-order chi connectivity index (χ0) is 20.1. The molecule has 28 heavy (non-hydrogen) atoms. The van der Waals surface area contributed by atoms with Gasteiger partial charge in [-0.3, -0.25) is 5.32 Å². The number of amides is 2. The van der Waals surface area contributed by atoms with E-state index in [1.807, 2.05) is 61.9 Å². The number of rotatable bonds is 3. The lowest BCUT2D eigenvalue weighted by molar-refractivity contribution is 0.00794. The largest absolute Gasteiger partial charge is 0.446 e. The fourth-order valence-corrected chi connectivity index (χ4v) is 3.80.